The number of carbonyl (C=O) groups is 1. The molecule has 0 aliphatic carbocycles. The van der Waals surface area contributed by atoms with Crippen LogP contribution in [0.4, 0.5) is 4.79 Å². The van der Waals surface area contributed by atoms with Gasteiger partial charge < -0.3 is 9.64 Å². The number of nitrogens with zero attached hydrogens (tertiary/aromatic N) is 1. The van der Waals surface area contributed by atoms with Crippen molar-refractivity contribution in [2.45, 2.75) is 45.6 Å². The summed E-state index contributed by atoms with van der Waals surface area (Å²) in [5.41, 5.74) is 0. The highest BCUT2D eigenvalue weighted by Crippen LogP contribution is 2.16. The van der Waals surface area contributed by atoms with Crippen molar-refractivity contribution in [3.63, 3.8) is 0 Å². The maximum Gasteiger partial charge on any atom is 0.409 e. The fraction of sp³-hybridized carbons (Fsp3) is 0.900. The summed E-state index contributed by atoms with van der Waals surface area (Å²) in [6.45, 7) is 5.28. The van der Waals surface area contributed by atoms with E-state index in [2.05, 4.69) is 6.92 Å². The van der Waals surface area contributed by atoms with Crippen molar-refractivity contribution in [2.75, 3.05) is 13.2 Å². The molecule has 0 aromatic heterocycles. The van der Waals surface area contributed by atoms with Crippen LogP contribution in [-0.2, 0) is 4.74 Å². The molecule has 0 saturated carbocycles. The highest BCUT2D eigenvalue weighted by atomic mass is 16.6. The van der Waals surface area contributed by atoms with Gasteiger partial charge >= 0.3 is 6.09 Å². The van der Waals surface area contributed by atoms with Gasteiger partial charge in [0.05, 0.1) is 6.61 Å². The summed E-state index contributed by atoms with van der Waals surface area (Å²) >= 11 is 0. The molecule has 1 atom stereocenters. The molecule has 3 nitrogen and oxygen atoms in total. The average molecular weight is 185 g/mol. The van der Waals surface area contributed by atoms with Crippen LogP contribution in [0.15, 0.2) is 0 Å². The van der Waals surface area contributed by atoms with Crippen LogP contribution in [0.1, 0.15) is 39.5 Å². The second-order valence-electron chi connectivity index (χ2n) is 3.59. The van der Waals surface area contributed by atoms with Gasteiger partial charge in [0.15, 0.2) is 0 Å². The molecule has 0 bridgehead atoms. The van der Waals surface area contributed by atoms with E-state index in [9.17, 15) is 4.79 Å². The van der Waals surface area contributed by atoms with Crippen LogP contribution < -0.4 is 0 Å². The van der Waals surface area contributed by atoms with Gasteiger partial charge in [-0.25, -0.2) is 4.79 Å². The maximum atomic E-state index is 11.5. The highest BCUT2D eigenvalue weighted by Gasteiger charge is 2.22. The van der Waals surface area contributed by atoms with Gasteiger partial charge in [-0.3, -0.25) is 0 Å². The Bertz CT molecular complexity index is 170. The molecule has 0 aromatic carbocycles. The third-order valence-electron chi connectivity index (χ3n) is 2.56. The van der Waals surface area contributed by atoms with Crippen LogP contribution in [0, 0.1) is 0 Å². The Kier molecular flexibility index (Phi) is 4.06. The molecule has 13 heavy (non-hydrogen) atoms. The number of amides is 1. The van der Waals surface area contributed by atoms with Crippen LogP contribution in [0.2, 0.25) is 0 Å². The van der Waals surface area contributed by atoms with Crippen molar-refractivity contribution in [1.82, 2.24) is 4.90 Å². The minimum absolute atomic E-state index is 0.142. The molecule has 1 heterocycles. The molecule has 76 valence electrons. The minimum Gasteiger partial charge on any atom is -0.450 e. The summed E-state index contributed by atoms with van der Waals surface area (Å²) in [5.74, 6) is 0. The molecule has 1 amide bonds. The van der Waals surface area contributed by atoms with Gasteiger partial charge in [0.25, 0.3) is 0 Å². The monoisotopic (exact) mass is 185 g/mol. The SMILES string of the molecule is CCOC(=O)N1CCCCCC1C. The van der Waals surface area contributed by atoms with Crippen molar-refractivity contribution in [3.05, 3.63) is 0 Å². The van der Waals surface area contributed by atoms with Gasteiger partial charge in [0.1, 0.15) is 0 Å². The Morgan fingerprint density at radius 1 is 1.46 bits per heavy atom. The lowest BCUT2D eigenvalue weighted by atomic mass is 10.1. The van der Waals surface area contributed by atoms with E-state index in [0.717, 1.165) is 19.4 Å². The Hall–Kier alpha value is -0.730. The molecular weight excluding hydrogens is 166 g/mol. The van der Waals surface area contributed by atoms with Gasteiger partial charge in [-0.1, -0.05) is 12.8 Å². The quantitative estimate of drug-likeness (QED) is 0.627. The number of carbonyl (C=O) groups excluding carboxylic acids is 1. The van der Waals surface area contributed by atoms with Crippen LogP contribution in [0.5, 0.6) is 0 Å². The van der Waals surface area contributed by atoms with Gasteiger partial charge in [0.2, 0.25) is 0 Å². The zero-order valence-electron chi connectivity index (χ0n) is 8.58. The lowest BCUT2D eigenvalue weighted by Gasteiger charge is -2.25. The van der Waals surface area contributed by atoms with E-state index < -0.39 is 0 Å². The largest absolute Gasteiger partial charge is 0.450 e. The molecule has 0 spiro atoms. The zero-order chi connectivity index (χ0) is 9.68. The van der Waals surface area contributed by atoms with Gasteiger partial charge in [-0.05, 0) is 26.7 Å². The first-order valence-corrected chi connectivity index (χ1v) is 5.19. The summed E-state index contributed by atoms with van der Waals surface area (Å²) < 4.78 is 4.99. The van der Waals surface area contributed by atoms with Crippen molar-refractivity contribution in [3.8, 4) is 0 Å². The fourth-order valence-electron chi connectivity index (χ4n) is 1.75. The second-order valence-corrected chi connectivity index (χ2v) is 3.59. The van der Waals surface area contributed by atoms with Crippen molar-refractivity contribution in [2.24, 2.45) is 0 Å². The van der Waals surface area contributed by atoms with Crippen LogP contribution >= 0.6 is 0 Å². The number of likely N-dealkylation sites (tertiary alicyclic amines) is 1. The van der Waals surface area contributed by atoms with E-state index in [4.69, 9.17) is 4.74 Å². The number of hydrogen-bond acceptors (Lipinski definition) is 2. The third-order valence-corrected chi connectivity index (χ3v) is 2.56. The lowest BCUT2D eigenvalue weighted by Crippen LogP contribution is -2.38. The highest BCUT2D eigenvalue weighted by molar-refractivity contribution is 5.67. The first kappa shape index (κ1) is 10.4. The first-order valence-electron chi connectivity index (χ1n) is 5.19. The third kappa shape index (κ3) is 2.90. The fourth-order valence-corrected chi connectivity index (χ4v) is 1.75. The molecular formula is C10H19NO2. The number of ether oxygens (including phenoxy) is 1. The Morgan fingerprint density at radius 2 is 2.23 bits per heavy atom. The van der Waals surface area contributed by atoms with E-state index >= 15 is 0 Å². The zero-order valence-corrected chi connectivity index (χ0v) is 8.58. The summed E-state index contributed by atoms with van der Waals surface area (Å²) in [6.07, 6.45) is 4.55. The van der Waals surface area contributed by atoms with E-state index in [1.54, 1.807) is 0 Å². The second kappa shape index (κ2) is 5.10. The van der Waals surface area contributed by atoms with E-state index in [1.807, 2.05) is 11.8 Å². The van der Waals surface area contributed by atoms with Crippen molar-refractivity contribution in [1.29, 1.82) is 0 Å². The normalized spacial score (nSPS) is 23.8. The van der Waals surface area contributed by atoms with Crippen LogP contribution in [0.25, 0.3) is 0 Å². The van der Waals surface area contributed by atoms with Gasteiger partial charge in [-0.2, -0.15) is 0 Å². The molecule has 1 aliphatic rings. The first-order chi connectivity index (χ1) is 6.25. The van der Waals surface area contributed by atoms with Crippen LogP contribution in [0.3, 0.4) is 0 Å². The van der Waals surface area contributed by atoms with Crippen molar-refractivity contribution < 1.29 is 9.53 Å². The molecule has 0 radical (unpaired) electrons. The molecule has 1 unspecified atom stereocenters. The van der Waals surface area contributed by atoms with E-state index in [-0.39, 0.29) is 6.09 Å². The Labute approximate surface area is 80.1 Å². The average Bonchev–Trinajstić information content (AvgIpc) is 2.30. The summed E-state index contributed by atoms with van der Waals surface area (Å²) in [7, 11) is 0. The smallest absolute Gasteiger partial charge is 0.409 e. The molecule has 1 fully saturated rings. The minimum atomic E-state index is -0.142. The lowest BCUT2D eigenvalue weighted by molar-refractivity contribution is 0.0943. The predicted molar refractivity (Wildman–Crippen MR) is 51.7 cm³/mol. The summed E-state index contributed by atoms with van der Waals surface area (Å²) in [4.78, 5) is 13.3. The maximum absolute atomic E-state index is 11.5. The molecule has 1 aliphatic heterocycles. The van der Waals surface area contributed by atoms with E-state index in [0.29, 0.717) is 12.6 Å². The number of rotatable bonds is 1. The molecule has 3 heteroatoms. The van der Waals surface area contributed by atoms with E-state index in [1.165, 1.54) is 12.8 Å². The molecule has 1 rings (SSSR count). The van der Waals surface area contributed by atoms with Gasteiger partial charge in [0, 0.05) is 12.6 Å². The Balaban J connectivity index is 2.48. The molecule has 0 N–H and O–H groups in total. The Morgan fingerprint density at radius 3 is 2.92 bits per heavy atom. The van der Waals surface area contributed by atoms with Crippen LogP contribution in [-0.4, -0.2) is 30.2 Å². The standard InChI is InChI=1S/C10H19NO2/c1-3-13-10(12)11-8-6-4-5-7-9(11)2/h9H,3-8H2,1-2H3. The number of hydrogen-bond donors (Lipinski definition) is 0. The topological polar surface area (TPSA) is 29.5 Å². The summed E-state index contributed by atoms with van der Waals surface area (Å²) in [6, 6.07) is 0.349. The predicted octanol–water partition coefficient (Wildman–Crippen LogP) is 2.41. The summed E-state index contributed by atoms with van der Waals surface area (Å²) in [5, 5.41) is 0. The molecule has 1 saturated heterocycles. The molecule has 0 aromatic rings. The van der Waals surface area contributed by atoms with Crippen molar-refractivity contribution >= 4 is 6.09 Å². The van der Waals surface area contributed by atoms with Gasteiger partial charge in [-0.15, -0.1) is 0 Å².